The van der Waals surface area contributed by atoms with E-state index >= 15 is 0 Å². The van der Waals surface area contributed by atoms with E-state index in [4.69, 9.17) is 0 Å². The maximum absolute atomic E-state index is 2.47. The van der Waals surface area contributed by atoms with E-state index in [1.54, 1.807) is 11.7 Å². The van der Waals surface area contributed by atoms with Gasteiger partial charge in [0.25, 0.3) is 0 Å². The van der Waals surface area contributed by atoms with Crippen molar-refractivity contribution in [3.05, 3.63) is 30.3 Å². The standard InChI is InChI=1S/C20H29P/c1-13(2)16-10-11-20-12-17(16)21(15-8-6-5-7-9-15)19(20)18(20)14(3)4/h5-9,13-14,16-19H,10-12H2,1-4H3. The average Bonchev–Trinajstić information content (AvgIpc) is 2.99. The molecule has 1 aromatic carbocycles. The first kappa shape index (κ1) is 14.3. The maximum atomic E-state index is 2.47. The summed E-state index contributed by atoms with van der Waals surface area (Å²) in [5.41, 5.74) is 2.85. The molecule has 2 aliphatic carbocycles. The summed E-state index contributed by atoms with van der Waals surface area (Å²) in [6.45, 7) is 9.87. The fourth-order valence-corrected chi connectivity index (χ4v) is 11.0. The average molecular weight is 300 g/mol. The smallest absolute Gasteiger partial charge is 0.00702 e. The van der Waals surface area contributed by atoms with Crippen molar-refractivity contribution in [1.29, 1.82) is 0 Å². The molecular formula is C20H29P. The Kier molecular flexibility index (Phi) is 3.27. The van der Waals surface area contributed by atoms with Gasteiger partial charge in [0.2, 0.25) is 0 Å². The maximum Gasteiger partial charge on any atom is -0.00702 e. The number of fused-ring (bicyclic) bond motifs is 1. The highest BCUT2D eigenvalue weighted by Crippen LogP contribution is 2.85. The molecule has 1 aliphatic heterocycles. The molecule has 0 radical (unpaired) electrons. The van der Waals surface area contributed by atoms with Crippen LogP contribution in [0.3, 0.4) is 0 Å². The molecule has 0 aromatic heterocycles. The normalized spacial score (nSPS) is 44.2. The summed E-state index contributed by atoms with van der Waals surface area (Å²) in [7, 11) is 0.0795. The van der Waals surface area contributed by atoms with Crippen LogP contribution in [0, 0.1) is 29.1 Å². The van der Waals surface area contributed by atoms with Crippen LogP contribution in [-0.4, -0.2) is 11.3 Å². The molecule has 1 aromatic rings. The van der Waals surface area contributed by atoms with Crippen LogP contribution < -0.4 is 5.30 Å². The molecule has 3 fully saturated rings. The van der Waals surface area contributed by atoms with Gasteiger partial charge in [0.15, 0.2) is 0 Å². The molecule has 6 unspecified atom stereocenters. The Hall–Kier alpha value is -0.350. The number of hydrogen-bond acceptors (Lipinski definition) is 0. The molecule has 0 nitrogen and oxygen atoms in total. The first-order chi connectivity index (χ1) is 10.1. The molecule has 1 spiro atoms. The lowest BCUT2D eigenvalue weighted by molar-refractivity contribution is 0.203. The van der Waals surface area contributed by atoms with E-state index in [9.17, 15) is 0 Å². The van der Waals surface area contributed by atoms with Crippen molar-refractivity contribution >= 4 is 13.2 Å². The molecule has 114 valence electrons. The molecule has 2 saturated carbocycles. The minimum atomic E-state index is 0.0795. The third kappa shape index (κ3) is 1.91. The van der Waals surface area contributed by atoms with Crippen LogP contribution in [0.4, 0.5) is 0 Å². The van der Waals surface area contributed by atoms with E-state index in [1.807, 2.05) is 0 Å². The molecule has 1 saturated heterocycles. The number of hydrogen-bond donors (Lipinski definition) is 0. The van der Waals surface area contributed by atoms with Gasteiger partial charge in [0, 0.05) is 0 Å². The van der Waals surface area contributed by atoms with E-state index in [0.29, 0.717) is 0 Å². The van der Waals surface area contributed by atoms with Gasteiger partial charge in [-0.2, -0.15) is 0 Å². The Morgan fingerprint density at radius 2 is 1.76 bits per heavy atom. The van der Waals surface area contributed by atoms with Crippen molar-refractivity contribution in [2.75, 3.05) is 0 Å². The monoisotopic (exact) mass is 300 g/mol. The van der Waals surface area contributed by atoms with Gasteiger partial charge in [-0.3, -0.25) is 0 Å². The largest absolute Gasteiger partial charge is 0.0678 e. The Morgan fingerprint density at radius 1 is 1.05 bits per heavy atom. The summed E-state index contributed by atoms with van der Waals surface area (Å²) >= 11 is 0. The molecule has 3 aliphatic rings. The second kappa shape index (κ2) is 4.82. The lowest BCUT2D eigenvalue weighted by Crippen LogP contribution is -2.32. The zero-order chi connectivity index (χ0) is 14.8. The van der Waals surface area contributed by atoms with Gasteiger partial charge in [0.05, 0.1) is 0 Å². The SMILES string of the molecule is CC(C)C1CCC23CC1P(c1ccccc1)C2C3C(C)C. The van der Waals surface area contributed by atoms with Crippen molar-refractivity contribution in [3.63, 3.8) is 0 Å². The number of benzene rings is 1. The zero-order valence-corrected chi connectivity index (χ0v) is 14.8. The summed E-state index contributed by atoms with van der Waals surface area (Å²) in [4.78, 5) is 0. The Labute approximate surface area is 131 Å². The van der Waals surface area contributed by atoms with Gasteiger partial charge < -0.3 is 0 Å². The van der Waals surface area contributed by atoms with Crippen molar-refractivity contribution in [3.8, 4) is 0 Å². The lowest BCUT2D eigenvalue weighted by atomic mass is 9.73. The van der Waals surface area contributed by atoms with Gasteiger partial charge in [0.1, 0.15) is 0 Å². The predicted molar refractivity (Wildman–Crippen MR) is 93.5 cm³/mol. The fourth-order valence-electron chi connectivity index (χ4n) is 6.06. The van der Waals surface area contributed by atoms with Crippen molar-refractivity contribution in [1.82, 2.24) is 0 Å². The molecule has 0 N–H and O–H groups in total. The van der Waals surface area contributed by atoms with Crippen molar-refractivity contribution < 1.29 is 0 Å². The summed E-state index contributed by atoms with van der Waals surface area (Å²) in [6.07, 6.45) is 4.60. The molecule has 2 bridgehead atoms. The second-order valence-corrected chi connectivity index (χ2v) is 11.0. The highest BCUT2D eigenvalue weighted by molar-refractivity contribution is 7.67. The Balaban J connectivity index is 1.72. The van der Waals surface area contributed by atoms with Crippen molar-refractivity contribution in [2.45, 2.75) is 58.3 Å². The topological polar surface area (TPSA) is 0 Å². The van der Waals surface area contributed by atoms with Crippen LogP contribution in [-0.2, 0) is 0 Å². The summed E-state index contributed by atoms with van der Waals surface area (Å²) < 4.78 is 0. The summed E-state index contributed by atoms with van der Waals surface area (Å²) in [5.74, 6) is 3.78. The highest BCUT2D eigenvalue weighted by atomic mass is 31.1. The van der Waals surface area contributed by atoms with Gasteiger partial charge in [-0.05, 0) is 65.0 Å². The van der Waals surface area contributed by atoms with Gasteiger partial charge in [-0.1, -0.05) is 65.9 Å². The number of rotatable bonds is 3. The van der Waals surface area contributed by atoms with E-state index < -0.39 is 0 Å². The van der Waals surface area contributed by atoms with Gasteiger partial charge in [-0.25, -0.2) is 0 Å². The van der Waals surface area contributed by atoms with Crippen molar-refractivity contribution in [2.24, 2.45) is 29.1 Å². The lowest BCUT2D eigenvalue weighted by Gasteiger charge is -2.39. The second-order valence-electron chi connectivity index (χ2n) is 8.41. The van der Waals surface area contributed by atoms with Crippen LogP contribution in [0.1, 0.15) is 47.0 Å². The summed E-state index contributed by atoms with van der Waals surface area (Å²) in [5, 5.41) is 1.71. The third-order valence-electron chi connectivity index (χ3n) is 6.80. The first-order valence-electron chi connectivity index (χ1n) is 8.89. The fraction of sp³-hybridized carbons (Fsp3) is 0.700. The molecule has 6 atom stereocenters. The van der Waals surface area contributed by atoms with Crippen LogP contribution >= 0.6 is 7.92 Å². The van der Waals surface area contributed by atoms with E-state index in [0.717, 1.165) is 40.4 Å². The minimum Gasteiger partial charge on any atom is -0.0678 e. The molecule has 1 heterocycles. The predicted octanol–water partition coefficient (Wildman–Crippen LogP) is 5.27. The van der Waals surface area contributed by atoms with Crippen LogP contribution in [0.25, 0.3) is 0 Å². The highest BCUT2D eigenvalue weighted by Gasteiger charge is 2.75. The molecule has 1 heteroatoms. The van der Waals surface area contributed by atoms with Crippen LogP contribution in [0.15, 0.2) is 30.3 Å². The quantitative estimate of drug-likeness (QED) is 0.667. The van der Waals surface area contributed by atoms with Crippen LogP contribution in [0.5, 0.6) is 0 Å². The Bertz CT molecular complexity index is 508. The van der Waals surface area contributed by atoms with E-state index in [-0.39, 0.29) is 7.92 Å². The van der Waals surface area contributed by atoms with E-state index in [1.165, 1.54) is 12.8 Å². The first-order valence-corrected chi connectivity index (χ1v) is 10.4. The molecular weight excluding hydrogens is 271 g/mol. The molecule has 0 amide bonds. The summed E-state index contributed by atoms with van der Waals surface area (Å²) in [6, 6.07) is 11.6. The zero-order valence-electron chi connectivity index (χ0n) is 13.9. The van der Waals surface area contributed by atoms with E-state index in [2.05, 4.69) is 58.0 Å². The molecule has 4 rings (SSSR count). The van der Waals surface area contributed by atoms with Gasteiger partial charge in [-0.15, -0.1) is 0 Å². The molecule has 21 heavy (non-hydrogen) atoms. The minimum absolute atomic E-state index is 0.0795. The Morgan fingerprint density at radius 3 is 2.38 bits per heavy atom. The third-order valence-corrected chi connectivity index (χ3v) is 10.4. The van der Waals surface area contributed by atoms with Gasteiger partial charge >= 0.3 is 0 Å². The van der Waals surface area contributed by atoms with Crippen LogP contribution in [0.2, 0.25) is 0 Å².